The molecule has 0 aliphatic rings. The quantitative estimate of drug-likeness (QED) is 0.605. The molecule has 0 unspecified atom stereocenters. The summed E-state index contributed by atoms with van der Waals surface area (Å²) >= 11 is 1.99. The standard InChI is InChI=1S/C9H7ClINO2S/c1-2-6-3-7(11)4-9(8(6)5-12)15(10,13)14/h3-4H,2H2,1H3. The average molecular weight is 356 g/mol. The lowest BCUT2D eigenvalue weighted by Crippen LogP contribution is -2.00. The molecule has 1 aromatic carbocycles. The van der Waals surface area contributed by atoms with Gasteiger partial charge < -0.3 is 0 Å². The van der Waals surface area contributed by atoms with E-state index in [4.69, 9.17) is 15.9 Å². The Balaban J connectivity index is 3.66. The first-order chi connectivity index (χ1) is 6.90. The van der Waals surface area contributed by atoms with Gasteiger partial charge in [-0.1, -0.05) is 6.92 Å². The lowest BCUT2D eigenvalue weighted by Gasteiger charge is -2.06. The van der Waals surface area contributed by atoms with Crippen molar-refractivity contribution in [3.8, 4) is 6.07 Å². The fraction of sp³-hybridized carbons (Fsp3) is 0.222. The second-order valence-corrected chi connectivity index (χ2v) is 6.62. The van der Waals surface area contributed by atoms with Gasteiger partial charge in [-0.05, 0) is 46.7 Å². The van der Waals surface area contributed by atoms with E-state index in [1.165, 1.54) is 6.07 Å². The van der Waals surface area contributed by atoms with E-state index in [-0.39, 0.29) is 10.5 Å². The molecular formula is C9H7ClINO2S. The van der Waals surface area contributed by atoms with Gasteiger partial charge in [0, 0.05) is 14.3 Å². The first-order valence-electron chi connectivity index (χ1n) is 4.07. The minimum Gasteiger partial charge on any atom is -0.207 e. The fourth-order valence-electron chi connectivity index (χ4n) is 1.23. The van der Waals surface area contributed by atoms with Gasteiger partial charge in [-0.3, -0.25) is 0 Å². The van der Waals surface area contributed by atoms with Crippen LogP contribution in [0.5, 0.6) is 0 Å². The van der Waals surface area contributed by atoms with Gasteiger partial charge in [0.25, 0.3) is 9.05 Å². The lowest BCUT2D eigenvalue weighted by atomic mass is 10.1. The van der Waals surface area contributed by atoms with Crippen LogP contribution in [0.4, 0.5) is 0 Å². The highest BCUT2D eigenvalue weighted by molar-refractivity contribution is 14.1. The number of nitrogens with zero attached hydrogens (tertiary/aromatic N) is 1. The van der Waals surface area contributed by atoms with E-state index in [0.717, 1.165) is 3.57 Å². The Bertz CT molecular complexity index is 534. The molecule has 3 nitrogen and oxygen atoms in total. The Morgan fingerprint density at radius 2 is 2.13 bits per heavy atom. The van der Waals surface area contributed by atoms with Crippen LogP contribution in [-0.4, -0.2) is 8.42 Å². The van der Waals surface area contributed by atoms with E-state index >= 15 is 0 Å². The molecule has 0 fully saturated rings. The molecule has 0 aliphatic heterocycles. The van der Waals surface area contributed by atoms with E-state index < -0.39 is 9.05 Å². The number of rotatable bonds is 2. The molecule has 0 N–H and O–H groups in total. The summed E-state index contributed by atoms with van der Waals surface area (Å²) in [5, 5.41) is 8.91. The normalized spacial score (nSPS) is 11.1. The van der Waals surface area contributed by atoms with E-state index in [0.29, 0.717) is 12.0 Å². The summed E-state index contributed by atoms with van der Waals surface area (Å²) in [7, 11) is 1.41. The second-order valence-electron chi connectivity index (χ2n) is 2.84. The van der Waals surface area contributed by atoms with Crippen LogP contribution in [0.2, 0.25) is 0 Å². The van der Waals surface area contributed by atoms with Gasteiger partial charge in [-0.15, -0.1) is 0 Å². The van der Waals surface area contributed by atoms with E-state index in [1.54, 1.807) is 6.07 Å². The summed E-state index contributed by atoms with van der Waals surface area (Å²) in [4.78, 5) is -0.101. The average Bonchev–Trinajstić information content (AvgIpc) is 2.15. The molecule has 0 saturated carbocycles. The van der Waals surface area contributed by atoms with Gasteiger partial charge in [0.1, 0.15) is 11.0 Å². The zero-order chi connectivity index (χ0) is 11.6. The molecule has 6 heteroatoms. The van der Waals surface area contributed by atoms with Crippen LogP contribution in [0, 0.1) is 14.9 Å². The molecule has 1 aromatic rings. The van der Waals surface area contributed by atoms with Gasteiger partial charge in [0.2, 0.25) is 0 Å². The molecule has 0 radical (unpaired) electrons. The zero-order valence-corrected chi connectivity index (χ0v) is 11.5. The molecular weight excluding hydrogens is 349 g/mol. The Morgan fingerprint density at radius 3 is 2.53 bits per heavy atom. The number of benzene rings is 1. The smallest absolute Gasteiger partial charge is 0.207 e. The van der Waals surface area contributed by atoms with Crippen LogP contribution in [0.15, 0.2) is 17.0 Å². The summed E-state index contributed by atoms with van der Waals surface area (Å²) in [5.74, 6) is 0. The zero-order valence-electron chi connectivity index (χ0n) is 7.79. The van der Waals surface area contributed by atoms with Crippen molar-refractivity contribution >= 4 is 42.3 Å². The van der Waals surface area contributed by atoms with E-state index in [9.17, 15) is 8.42 Å². The summed E-state index contributed by atoms with van der Waals surface area (Å²) in [6.45, 7) is 1.86. The first-order valence-corrected chi connectivity index (χ1v) is 7.46. The Morgan fingerprint density at radius 1 is 1.53 bits per heavy atom. The highest BCUT2D eigenvalue weighted by Gasteiger charge is 2.19. The van der Waals surface area contributed by atoms with Crippen LogP contribution in [0.25, 0.3) is 0 Å². The summed E-state index contributed by atoms with van der Waals surface area (Å²) in [5.41, 5.74) is 0.844. The molecule has 0 saturated heterocycles. The predicted molar refractivity (Wildman–Crippen MR) is 66.3 cm³/mol. The van der Waals surface area contributed by atoms with Crippen molar-refractivity contribution in [3.63, 3.8) is 0 Å². The first kappa shape index (κ1) is 12.7. The van der Waals surface area contributed by atoms with Crippen molar-refractivity contribution in [2.45, 2.75) is 18.2 Å². The minimum atomic E-state index is -3.86. The van der Waals surface area contributed by atoms with Crippen molar-refractivity contribution < 1.29 is 8.42 Å². The third kappa shape index (κ3) is 2.83. The topological polar surface area (TPSA) is 57.9 Å². The number of nitriles is 1. The van der Waals surface area contributed by atoms with Gasteiger partial charge in [0.15, 0.2) is 0 Å². The molecule has 0 atom stereocenters. The predicted octanol–water partition coefficient (Wildman–Crippen LogP) is 2.65. The van der Waals surface area contributed by atoms with Crippen molar-refractivity contribution in [3.05, 3.63) is 26.8 Å². The second kappa shape index (κ2) is 4.68. The van der Waals surface area contributed by atoms with Gasteiger partial charge in [-0.2, -0.15) is 5.26 Å². The number of hydrogen-bond acceptors (Lipinski definition) is 3. The SMILES string of the molecule is CCc1cc(I)cc(S(=O)(=O)Cl)c1C#N. The van der Waals surface area contributed by atoms with Crippen molar-refractivity contribution in [2.24, 2.45) is 0 Å². The monoisotopic (exact) mass is 355 g/mol. The molecule has 0 heterocycles. The van der Waals surface area contributed by atoms with Gasteiger partial charge >= 0.3 is 0 Å². The number of aryl methyl sites for hydroxylation is 1. The Kier molecular flexibility index (Phi) is 3.98. The highest BCUT2D eigenvalue weighted by Crippen LogP contribution is 2.25. The highest BCUT2D eigenvalue weighted by atomic mass is 127. The molecule has 0 bridgehead atoms. The molecule has 15 heavy (non-hydrogen) atoms. The third-order valence-corrected chi connectivity index (χ3v) is 3.87. The molecule has 0 spiro atoms. The maximum Gasteiger partial charge on any atom is 0.262 e. The van der Waals surface area contributed by atoms with E-state index in [2.05, 4.69) is 0 Å². The third-order valence-electron chi connectivity index (χ3n) is 1.90. The maximum absolute atomic E-state index is 11.2. The maximum atomic E-state index is 11.2. The van der Waals surface area contributed by atoms with Gasteiger partial charge in [-0.25, -0.2) is 8.42 Å². The summed E-state index contributed by atoms with van der Waals surface area (Å²) in [6.07, 6.45) is 0.596. The summed E-state index contributed by atoms with van der Waals surface area (Å²) < 4.78 is 23.2. The van der Waals surface area contributed by atoms with Crippen molar-refractivity contribution in [1.82, 2.24) is 0 Å². The molecule has 0 amide bonds. The van der Waals surface area contributed by atoms with Gasteiger partial charge in [0.05, 0.1) is 5.56 Å². The largest absolute Gasteiger partial charge is 0.262 e. The Labute approximate surface area is 107 Å². The minimum absolute atomic E-state index is 0.101. The molecule has 80 valence electrons. The van der Waals surface area contributed by atoms with Crippen LogP contribution >= 0.6 is 33.3 Å². The van der Waals surface area contributed by atoms with Crippen molar-refractivity contribution in [1.29, 1.82) is 5.26 Å². The molecule has 0 aromatic heterocycles. The number of hydrogen-bond donors (Lipinski definition) is 0. The van der Waals surface area contributed by atoms with Crippen LogP contribution in [0.1, 0.15) is 18.1 Å². The lowest BCUT2D eigenvalue weighted by molar-refractivity contribution is 0.609. The summed E-state index contributed by atoms with van der Waals surface area (Å²) in [6, 6.07) is 5.07. The van der Waals surface area contributed by atoms with Crippen LogP contribution in [-0.2, 0) is 15.5 Å². The van der Waals surface area contributed by atoms with Crippen LogP contribution in [0.3, 0.4) is 0 Å². The number of halogens is 2. The van der Waals surface area contributed by atoms with E-state index in [1.807, 2.05) is 35.6 Å². The van der Waals surface area contributed by atoms with Crippen molar-refractivity contribution in [2.75, 3.05) is 0 Å². The molecule has 0 aliphatic carbocycles. The van der Waals surface area contributed by atoms with Crippen LogP contribution < -0.4 is 0 Å². The molecule has 1 rings (SSSR count). The fourth-order valence-corrected chi connectivity index (χ4v) is 3.19. The Hall–Kier alpha value is -0.320.